The number of carbonyl (C=O) groups excluding carboxylic acids is 1. The molecule has 168 valence electrons. The van der Waals surface area contributed by atoms with E-state index in [0.29, 0.717) is 6.54 Å². The number of amides is 2. The Balaban J connectivity index is 1.29. The van der Waals surface area contributed by atoms with Crippen molar-refractivity contribution in [3.05, 3.63) is 45.9 Å². The van der Waals surface area contributed by atoms with Crippen molar-refractivity contribution in [2.45, 2.75) is 32.4 Å². The van der Waals surface area contributed by atoms with Crippen LogP contribution in [0.25, 0.3) is 0 Å². The molecule has 2 aromatic rings. The van der Waals surface area contributed by atoms with E-state index in [-0.39, 0.29) is 12.1 Å². The zero-order valence-electron chi connectivity index (χ0n) is 18.5. The highest BCUT2D eigenvalue weighted by Crippen LogP contribution is 2.26. The Hall–Kier alpha value is -2.16. The lowest BCUT2D eigenvalue weighted by Gasteiger charge is -2.35. The van der Waals surface area contributed by atoms with Gasteiger partial charge in [0.25, 0.3) is 0 Å². The van der Waals surface area contributed by atoms with Gasteiger partial charge in [-0.05, 0) is 50.6 Å². The number of hydrogen-bond acceptors (Lipinski definition) is 6. The molecule has 0 radical (unpaired) electrons. The van der Waals surface area contributed by atoms with Crippen LogP contribution in [0.1, 0.15) is 35.1 Å². The molecule has 4 rings (SSSR count). The summed E-state index contributed by atoms with van der Waals surface area (Å²) in [5, 5.41) is 6.45. The number of carbonyl (C=O) groups is 1. The van der Waals surface area contributed by atoms with Gasteiger partial charge >= 0.3 is 6.03 Å². The van der Waals surface area contributed by atoms with Gasteiger partial charge in [0.15, 0.2) is 0 Å². The second-order valence-corrected chi connectivity index (χ2v) is 9.40. The first-order valence-corrected chi connectivity index (χ1v) is 12.0. The Labute approximate surface area is 189 Å². The number of thiazole rings is 1. The van der Waals surface area contributed by atoms with Gasteiger partial charge in [0.2, 0.25) is 0 Å². The molecule has 2 fully saturated rings. The SMILES string of the molecule is COc1ccc(C(CNC(=O)N2CCN(Cc3csc(C)n3)CC2)N2CCCC2)cc1. The largest absolute Gasteiger partial charge is 0.497 e. The van der Waals surface area contributed by atoms with Crippen LogP contribution in [0.2, 0.25) is 0 Å². The molecule has 1 aromatic carbocycles. The van der Waals surface area contributed by atoms with E-state index in [4.69, 9.17) is 4.74 Å². The Bertz CT molecular complexity index is 842. The van der Waals surface area contributed by atoms with E-state index in [0.717, 1.165) is 62.3 Å². The van der Waals surface area contributed by atoms with E-state index in [2.05, 4.69) is 37.6 Å². The Morgan fingerprint density at radius 3 is 2.45 bits per heavy atom. The molecule has 31 heavy (non-hydrogen) atoms. The lowest BCUT2D eigenvalue weighted by Crippen LogP contribution is -2.52. The summed E-state index contributed by atoms with van der Waals surface area (Å²) in [5.74, 6) is 0.860. The standard InChI is InChI=1S/C23H33N5O2S/c1-18-25-20(17-31-18)16-26-11-13-28(14-12-26)23(29)24-15-22(27-9-3-4-10-27)19-5-7-21(30-2)8-6-19/h5-8,17,22H,3-4,9-16H2,1-2H3,(H,24,29). The maximum absolute atomic E-state index is 12.9. The van der Waals surface area contributed by atoms with E-state index in [9.17, 15) is 4.79 Å². The summed E-state index contributed by atoms with van der Waals surface area (Å²) in [5.41, 5.74) is 2.36. The van der Waals surface area contributed by atoms with Crippen LogP contribution in [0.3, 0.4) is 0 Å². The number of ether oxygens (including phenoxy) is 1. The fourth-order valence-corrected chi connectivity index (χ4v) is 5.06. The van der Waals surface area contributed by atoms with Crippen LogP contribution in [0, 0.1) is 6.92 Å². The number of piperazine rings is 1. The Morgan fingerprint density at radius 2 is 1.84 bits per heavy atom. The third kappa shape index (κ3) is 5.75. The van der Waals surface area contributed by atoms with Crippen LogP contribution in [0.15, 0.2) is 29.6 Å². The molecule has 7 nitrogen and oxygen atoms in total. The number of urea groups is 1. The Kier molecular flexibility index (Phi) is 7.42. The van der Waals surface area contributed by atoms with Gasteiger partial charge in [-0.3, -0.25) is 9.80 Å². The highest BCUT2D eigenvalue weighted by molar-refractivity contribution is 7.09. The van der Waals surface area contributed by atoms with E-state index < -0.39 is 0 Å². The van der Waals surface area contributed by atoms with E-state index in [1.165, 1.54) is 18.4 Å². The molecule has 1 atom stereocenters. The van der Waals surface area contributed by atoms with Crippen molar-refractivity contribution in [2.75, 3.05) is 52.9 Å². The summed E-state index contributed by atoms with van der Waals surface area (Å²) in [4.78, 5) is 24.2. The van der Waals surface area contributed by atoms with Gasteiger partial charge in [0, 0.05) is 44.6 Å². The van der Waals surface area contributed by atoms with Crippen LogP contribution < -0.4 is 10.1 Å². The van der Waals surface area contributed by atoms with Crippen molar-refractivity contribution in [2.24, 2.45) is 0 Å². The first-order valence-electron chi connectivity index (χ1n) is 11.2. The molecule has 0 saturated carbocycles. The number of benzene rings is 1. The minimum Gasteiger partial charge on any atom is -0.497 e. The predicted molar refractivity (Wildman–Crippen MR) is 124 cm³/mol. The number of aromatic nitrogens is 1. The fourth-order valence-electron chi connectivity index (χ4n) is 4.45. The average molecular weight is 444 g/mol. The minimum atomic E-state index is 0.0434. The van der Waals surface area contributed by atoms with Crippen molar-refractivity contribution in [3.8, 4) is 5.75 Å². The summed E-state index contributed by atoms with van der Waals surface area (Å²) in [7, 11) is 1.69. The third-order valence-electron chi connectivity index (χ3n) is 6.24. The maximum Gasteiger partial charge on any atom is 0.317 e. The van der Waals surface area contributed by atoms with Crippen LogP contribution in [-0.4, -0.2) is 78.6 Å². The molecule has 0 spiro atoms. The molecule has 8 heteroatoms. The molecular weight excluding hydrogens is 410 g/mol. The number of nitrogens with zero attached hydrogens (tertiary/aromatic N) is 4. The summed E-state index contributed by atoms with van der Waals surface area (Å²) in [6, 6.07) is 8.49. The average Bonchev–Trinajstić information content (AvgIpc) is 3.47. The molecule has 0 aliphatic carbocycles. The number of aryl methyl sites for hydroxylation is 1. The second-order valence-electron chi connectivity index (χ2n) is 8.34. The van der Waals surface area contributed by atoms with Gasteiger partial charge in [0.1, 0.15) is 5.75 Å². The zero-order valence-corrected chi connectivity index (χ0v) is 19.4. The van der Waals surface area contributed by atoms with Gasteiger partial charge in [-0.25, -0.2) is 9.78 Å². The van der Waals surface area contributed by atoms with Gasteiger partial charge in [0.05, 0.1) is 23.9 Å². The van der Waals surface area contributed by atoms with Gasteiger partial charge in [-0.2, -0.15) is 0 Å². The fraction of sp³-hybridized carbons (Fsp3) is 0.565. The molecular formula is C23H33N5O2S. The lowest BCUT2D eigenvalue weighted by atomic mass is 10.1. The summed E-state index contributed by atoms with van der Waals surface area (Å²) < 4.78 is 5.30. The van der Waals surface area contributed by atoms with Crippen molar-refractivity contribution >= 4 is 17.4 Å². The highest BCUT2D eigenvalue weighted by Gasteiger charge is 2.26. The van der Waals surface area contributed by atoms with E-state index in [1.54, 1.807) is 18.4 Å². The Morgan fingerprint density at radius 1 is 1.13 bits per heavy atom. The molecule has 0 bridgehead atoms. The highest BCUT2D eigenvalue weighted by atomic mass is 32.1. The van der Waals surface area contributed by atoms with Crippen molar-refractivity contribution in [1.82, 2.24) is 25.0 Å². The number of methoxy groups -OCH3 is 1. The first kappa shape index (κ1) is 22.0. The van der Waals surface area contributed by atoms with Gasteiger partial charge in [-0.15, -0.1) is 11.3 Å². The number of rotatable bonds is 7. The zero-order chi connectivity index (χ0) is 21.6. The molecule has 1 unspecified atom stereocenters. The van der Waals surface area contributed by atoms with Crippen LogP contribution >= 0.6 is 11.3 Å². The van der Waals surface area contributed by atoms with Crippen molar-refractivity contribution in [3.63, 3.8) is 0 Å². The van der Waals surface area contributed by atoms with Crippen LogP contribution in [0.4, 0.5) is 4.79 Å². The molecule has 2 aliphatic heterocycles. The maximum atomic E-state index is 12.9. The second kappa shape index (κ2) is 10.4. The van der Waals surface area contributed by atoms with E-state index >= 15 is 0 Å². The topological polar surface area (TPSA) is 60.9 Å². The number of likely N-dealkylation sites (tertiary alicyclic amines) is 1. The van der Waals surface area contributed by atoms with Gasteiger partial charge < -0.3 is 15.0 Å². The summed E-state index contributed by atoms with van der Waals surface area (Å²) in [6.07, 6.45) is 2.45. The summed E-state index contributed by atoms with van der Waals surface area (Å²) >= 11 is 1.69. The summed E-state index contributed by atoms with van der Waals surface area (Å²) in [6.45, 7) is 8.99. The normalized spacial score (nSPS) is 18.8. The van der Waals surface area contributed by atoms with Crippen LogP contribution in [-0.2, 0) is 6.54 Å². The minimum absolute atomic E-state index is 0.0434. The lowest BCUT2D eigenvalue weighted by molar-refractivity contribution is 0.132. The molecule has 1 N–H and O–H groups in total. The number of nitrogens with one attached hydrogen (secondary N) is 1. The monoisotopic (exact) mass is 443 g/mol. The smallest absolute Gasteiger partial charge is 0.317 e. The predicted octanol–water partition coefficient (Wildman–Crippen LogP) is 3.12. The molecule has 1 aromatic heterocycles. The van der Waals surface area contributed by atoms with Crippen molar-refractivity contribution in [1.29, 1.82) is 0 Å². The van der Waals surface area contributed by atoms with E-state index in [1.807, 2.05) is 24.0 Å². The molecule has 2 amide bonds. The van der Waals surface area contributed by atoms with Gasteiger partial charge in [-0.1, -0.05) is 12.1 Å². The first-order chi connectivity index (χ1) is 15.1. The quantitative estimate of drug-likeness (QED) is 0.713. The molecule has 2 saturated heterocycles. The van der Waals surface area contributed by atoms with Crippen molar-refractivity contribution < 1.29 is 9.53 Å². The number of hydrogen-bond donors (Lipinski definition) is 1. The molecule has 2 aliphatic rings. The third-order valence-corrected chi connectivity index (χ3v) is 7.06. The van der Waals surface area contributed by atoms with Crippen LogP contribution in [0.5, 0.6) is 5.75 Å². The molecule has 3 heterocycles.